The molecule has 1 amide bonds. The van der Waals surface area contributed by atoms with Gasteiger partial charge in [0.2, 0.25) is 0 Å². The molecule has 42 heavy (non-hydrogen) atoms. The molecular formula is C32H40N6O4. The zero-order valence-electron chi connectivity index (χ0n) is 25.0. The number of carbonyl (C=O) groups is 1. The quantitative estimate of drug-likeness (QED) is 0.293. The Hall–Kier alpha value is -3.79. The number of rotatable bonds is 9. The second kappa shape index (κ2) is 11.8. The first-order chi connectivity index (χ1) is 20.3. The van der Waals surface area contributed by atoms with Crippen LogP contribution in [0.1, 0.15) is 70.9 Å². The van der Waals surface area contributed by atoms with Gasteiger partial charge in [-0.05, 0) is 95.2 Å². The van der Waals surface area contributed by atoms with E-state index in [-0.39, 0.29) is 25.0 Å². The molecule has 3 fully saturated rings. The Kier molecular flexibility index (Phi) is 7.98. The summed E-state index contributed by atoms with van der Waals surface area (Å²) in [4.78, 5) is 17.3. The molecule has 1 saturated heterocycles. The lowest BCUT2D eigenvalue weighted by molar-refractivity contribution is -0.00351. The number of hydrogen-bond donors (Lipinski definition) is 0. The Labute approximate surface area is 247 Å². The van der Waals surface area contributed by atoms with Gasteiger partial charge in [-0.1, -0.05) is 6.07 Å². The van der Waals surface area contributed by atoms with Crippen molar-refractivity contribution in [1.29, 1.82) is 0 Å². The topological polar surface area (TPSA) is 103 Å². The lowest BCUT2D eigenvalue weighted by Crippen LogP contribution is -2.52. The van der Waals surface area contributed by atoms with Crippen LogP contribution in [0.25, 0.3) is 22.4 Å². The maximum absolute atomic E-state index is 13.1. The summed E-state index contributed by atoms with van der Waals surface area (Å²) in [6.45, 7) is 7.40. The lowest BCUT2D eigenvalue weighted by Gasteiger charge is -2.41. The molecule has 10 nitrogen and oxygen atoms in total. The summed E-state index contributed by atoms with van der Waals surface area (Å²) in [5, 5.41) is 17.7. The van der Waals surface area contributed by atoms with Gasteiger partial charge in [0.05, 0.1) is 23.6 Å². The van der Waals surface area contributed by atoms with Crippen LogP contribution < -0.4 is 9.64 Å². The van der Waals surface area contributed by atoms with E-state index in [0.29, 0.717) is 23.9 Å². The first-order valence-electron chi connectivity index (χ1n) is 15.0. The van der Waals surface area contributed by atoms with Gasteiger partial charge in [0.1, 0.15) is 11.4 Å². The molecule has 0 N–H and O–H groups in total. The van der Waals surface area contributed by atoms with Gasteiger partial charge in [-0.3, -0.25) is 0 Å². The van der Waals surface area contributed by atoms with Gasteiger partial charge in [0.15, 0.2) is 12.6 Å². The molecule has 0 bridgehead atoms. The molecule has 2 saturated carbocycles. The number of nitrogens with zero attached hydrogens (tertiary/aromatic N) is 6. The molecule has 2 aliphatic carbocycles. The SMILES string of the molecule is COCOc1cc(-c2cnnc(C3CC3)c2)ccc1-c1ccc(N2CC[C@H](N(C(=O)OC(C)(C)C)C3CCC3)C2)nn1. The predicted octanol–water partition coefficient (Wildman–Crippen LogP) is 5.83. The maximum Gasteiger partial charge on any atom is 0.410 e. The summed E-state index contributed by atoms with van der Waals surface area (Å²) < 4.78 is 17.0. The molecule has 2 aromatic heterocycles. The van der Waals surface area contributed by atoms with Crippen LogP contribution in [0, 0.1) is 0 Å². The molecule has 222 valence electrons. The van der Waals surface area contributed by atoms with E-state index in [9.17, 15) is 4.79 Å². The van der Waals surface area contributed by atoms with E-state index in [0.717, 1.165) is 60.4 Å². The van der Waals surface area contributed by atoms with E-state index < -0.39 is 5.60 Å². The van der Waals surface area contributed by atoms with Gasteiger partial charge in [-0.2, -0.15) is 10.2 Å². The zero-order valence-corrected chi connectivity index (χ0v) is 25.0. The van der Waals surface area contributed by atoms with Crippen molar-refractivity contribution in [1.82, 2.24) is 25.3 Å². The molecule has 10 heteroatoms. The Morgan fingerprint density at radius 1 is 0.976 bits per heavy atom. The van der Waals surface area contributed by atoms with Gasteiger partial charge in [-0.15, -0.1) is 10.2 Å². The number of anilines is 1. The smallest absolute Gasteiger partial charge is 0.410 e. The van der Waals surface area contributed by atoms with Crippen molar-refractivity contribution in [2.45, 2.75) is 82.9 Å². The van der Waals surface area contributed by atoms with Gasteiger partial charge < -0.3 is 24.0 Å². The van der Waals surface area contributed by atoms with Gasteiger partial charge in [0.25, 0.3) is 0 Å². The molecule has 0 radical (unpaired) electrons. The summed E-state index contributed by atoms with van der Waals surface area (Å²) in [6, 6.07) is 12.5. The molecule has 3 aliphatic rings. The second-order valence-electron chi connectivity index (χ2n) is 12.5. The predicted molar refractivity (Wildman–Crippen MR) is 159 cm³/mol. The minimum Gasteiger partial charge on any atom is -0.467 e. The number of benzene rings is 1. The van der Waals surface area contributed by atoms with Crippen LogP contribution in [0.15, 0.2) is 42.6 Å². The van der Waals surface area contributed by atoms with Gasteiger partial charge >= 0.3 is 6.09 Å². The van der Waals surface area contributed by atoms with E-state index in [1.165, 1.54) is 12.8 Å². The highest BCUT2D eigenvalue weighted by molar-refractivity contribution is 5.75. The molecule has 3 aromatic rings. The number of aromatic nitrogens is 4. The minimum absolute atomic E-state index is 0.0938. The van der Waals surface area contributed by atoms with E-state index in [1.807, 2.05) is 49.9 Å². The molecular weight excluding hydrogens is 532 g/mol. The highest BCUT2D eigenvalue weighted by atomic mass is 16.7. The third-order valence-electron chi connectivity index (χ3n) is 8.20. The number of amides is 1. The second-order valence-corrected chi connectivity index (χ2v) is 12.5. The van der Waals surface area contributed by atoms with Crippen LogP contribution in [0.3, 0.4) is 0 Å². The molecule has 3 heterocycles. The average Bonchev–Trinajstić information content (AvgIpc) is 3.70. The highest BCUT2D eigenvalue weighted by Crippen LogP contribution is 2.40. The summed E-state index contributed by atoms with van der Waals surface area (Å²) >= 11 is 0. The van der Waals surface area contributed by atoms with Gasteiger partial charge in [0, 0.05) is 43.3 Å². The van der Waals surface area contributed by atoms with Gasteiger partial charge in [-0.25, -0.2) is 4.79 Å². The molecule has 1 aromatic carbocycles. The van der Waals surface area contributed by atoms with Crippen LogP contribution >= 0.6 is 0 Å². The molecule has 1 atom stereocenters. The first kappa shape index (κ1) is 28.3. The third kappa shape index (κ3) is 6.33. The Balaban J connectivity index is 1.18. The average molecular weight is 573 g/mol. The fourth-order valence-corrected chi connectivity index (χ4v) is 5.67. The molecule has 0 spiro atoms. The number of hydrogen-bond acceptors (Lipinski definition) is 9. The van der Waals surface area contributed by atoms with Crippen LogP contribution in [0.4, 0.5) is 10.6 Å². The molecule has 1 aliphatic heterocycles. The van der Waals surface area contributed by atoms with Crippen molar-refractivity contribution in [3.05, 3.63) is 48.3 Å². The number of carbonyl (C=O) groups excluding carboxylic acids is 1. The fraction of sp³-hybridized carbons (Fsp3) is 0.531. The number of ether oxygens (including phenoxy) is 3. The van der Waals surface area contributed by atoms with Crippen molar-refractivity contribution in [2.24, 2.45) is 0 Å². The minimum atomic E-state index is -0.516. The maximum atomic E-state index is 13.1. The Morgan fingerprint density at radius 3 is 2.48 bits per heavy atom. The van der Waals surface area contributed by atoms with E-state index in [1.54, 1.807) is 13.3 Å². The van der Waals surface area contributed by atoms with E-state index in [4.69, 9.17) is 14.2 Å². The van der Waals surface area contributed by atoms with E-state index >= 15 is 0 Å². The summed E-state index contributed by atoms with van der Waals surface area (Å²) in [7, 11) is 1.60. The summed E-state index contributed by atoms with van der Waals surface area (Å²) in [6.07, 6.45) is 8.04. The Bertz CT molecular complexity index is 1400. The summed E-state index contributed by atoms with van der Waals surface area (Å²) in [5.74, 6) is 1.99. The lowest BCUT2D eigenvalue weighted by atomic mass is 9.90. The highest BCUT2D eigenvalue weighted by Gasteiger charge is 2.40. The summed E-state index contributed by atoms with van der Waals surface area (Å²) in [5.41, 5.74) is 4.08. The van der Waals surface area contributed by atoms with Crippen molar-refractivity contribution in [2.75, 3.05) is 31.9 Å². The van der Waals surface area contributed by atoms with Crippen molar-refractivity contribution in [3.8, 4) is 28.1 Å². The van der Waals surface area contributed by atoms with Crippen molar-refractivity contribution < 1.29 is 19.0 Å². The monoisotopic (exact) mass is 572 g/mol. The van der Waals surface area contributed by atoms with Crippen LogP contribution in [0.5, 0.6) is 5.75 Å². The molecule has 6 rings (SSSR count). The number of methoxy groups -OCH3 is 1. The Morgan fingerprint density at radius 2 is 1.81 bits per heavy atom. The van der Waals surface area contributed by atoms with Crippen LogP contribution in [-0.2, 0) is 9.47 Å². The third-order valence-corrected chi connectivity index (χ3v) is 8.20. The van der Waals surface area contributed by atoms with E-state index in [2.05, 4.69) is 37.4 Å². The van der Waals surface area contributed by atoms with Crippen LogP contribution in [0.2, 0.25) is 0 Å². The fourth-order valence-electron chi connectivity index (χ4n) is 5.67. The van der Waals surface area contributed by atoms with Crippen molar-refractivity contribution in [3.63, 3.8) is 0 Å². The largest absolute Gasteiger partial charge is 0.467 e. The standard InChI is InChI=1S/C32H40N6O4/c1-32(2,3)42-31(39)38(24-6-5-7-24)25-14-15-37(19-25)30-13-12-27(35-36-30)26-11-10-22(17-29(26)41-20-40-4)23-16-28(21-8-9-21)34-33-18-23/h10-13,16-18,21,24-25H,5-9,14-15,19-20H2,1-4H3/t25-/m0/s1. The van der Waals surface area contributed by atoms with Crippen LogP contribution in [-0.4, -0.2) is 76.1 Å². The first-order valence-corrected chi connectivity index (χ1v) is 15.0. The van der Waals surface area contributed by atoms with Crippen molar-refractivity contribution >= 4 is 11.9 Å². The molecule has 0 unspecified atom stereocenters. The normalized spacial score (nSPS) is 19.0. The zero-order chi connectivity index (χ0) is 29.3.